The molecule has 33 heavy (non-hydrogen) atoms. The van der Waals surface area contributed by atoms with Gasteiger partial charge in [-0.05, 0) is 48.5 Å². The number of hydrogen-bond donors (Lipinski definition) is 1. The van der Waals surface area contributed by atoms with Crippen LogP contribution in [0.1, 0.15) is 0 Å². The number of para-hydroxylation sites is 1. The van der Waals surface area contributed by atoms with Gasteiger partial charge in [-0.1, -0.05) is 30.3 Å². The van der Waals surface area contributed by atoms with Crippen LogP contribution in [-0.2, 0) is 10.0 Å². The van der Waals surface area contributed by atoms with E-state index < -0.39 is 10.0 Å². The molecule has 0 amide bonds. The van der Waals surface area contributed by atoms with Gasteiger partial charge in [-0.3, -0.25) is 14.1 Å². The van der Waals surface area contributed by atoms with Gasteiger partial charge in [-0.15, -0.1) is 0 Å². The van der Waals surface area contributed by atoms with Gasteiger partial charge in [0.05, 0.1) is 30.0 Å². The third-order valence-corrected chi connectivity index (χ3v) is 5.59. The van der Waals surface area contributed by atoms with Gasteiger partial charge in [0.2, 0.25) is 10.0 Å². The first kappa shape index (κ1) is 20.7. The Balaban J connectivity index is 1.46. The standard InChI is InChI=1S/C25H20N4O3S/c1-33(30,31)28-20-7-5-6-19(14-20)23-17-29-24(15-27-25(29)16-26-23)18-10-12-22(13-11-18)32-21-8-3-2-4-9-21/h2-17,28H,1H3. The van der Waals surface area contributed by atoms with Gasteiger partial charge in [0.1, 0.15) is 11.5 Å². The van der Waals surface area contributed by atoms with E-state index in [1.807, 2.05) is 71.3 Å². The molecule has 8 heteroatoms. The molecule has 0 aliphatic rings. The highest BCUT2D eigenvalue weighted by atomic mass is 32.2. The molecule has 0 atom stereocenters. The minimum Gasteiger partial charge on any atom is -0.457 e. The molecule has 5 aromatic rings. The molecular formula is C25H20N4O3S. The summed E-state index contributed by atoms with van der Waals surface area (Å²) in [6.45, 7) is 0. The van der Waals surface area contributed by atoms with Gasteiger partial charge in [0, 0.05) is 23.0 Å². The summed E-state index contributed by atoms with van der Waals surface area (Å²) in [4.78, 5) is 8.97. The Morgan fingerprint density at radius 1 is 0.818 bits per heavy atom. The number of nitrogens with zero attached hydrogens (tertiary/aromatic N) is 3. The van der Waals surface area contributed by atoms with Crippen molar-refractivity contribution in [2.45, 2.75) is 0 Å². The lowest BCUT2D eigenvalue weighted by molar-refractivity contribution is 0.483. The maximum atomic E-state index is 11.6. The van der Waals surface area contributed by atoms with E-state index in [1.54, 1.807) is 30.6 Å². The third kappa shape index (κ3) is 4.70. The quantitative estimate of drug-likeness (QED) is 0.378. The molecule has 3 aromatic carbocycles. The summed E-state index contributed by atoms with van der Waals surface area (Å²) in [6.07, 6.45) is 6.52. The van der Waals surface area contributed by atoms with E-state index in [0.29, 0.717) is 17.0 Å². The number of imidazole rings is 1. The second-order valence-electron chi connectivity index (χ2n) is 7.54. The molecule has 0 unspecified atom stereocenters. The number of benzene rings is 3. The number of ether oxygens (including phenoxy) is 1. The van der Waals surface area contributed by atoms with Gasteiger partial charge in [0.15, 0.2) is 5.65 Å². The van der Waals surface area contributed by atoms with E-state index in [-0.39, 0.29) is 0 Å². The predicted octanol–water partition coefficient (Wildman–Crippen LogP) is 5.23. The Morgan fingerprint density at radius 2 is 1.58 bits per heavy atom. The molecule has 0 radical (unpaired) electrons. The van der Waals surface area contributed by atoms with Crippen molar-refractivity contribution in [3.8, 4) is 34.0 Å². The minimum absolute atomic E-state index is 0.483. The summed E-state index contributed by atoms with van der Waals surface area (Å²) in [6, 6.07) is 24.6. The van der Waals surface area contributed by atoms with E-state index in [2.05, 4.69) is 14.7 Å². The average molecular weight is 457 g/mol. The Morgan fingerprint density at radius 3 is 2.33 bits per heavy atom. The van der Waals surface area contributed by atoms with Crippen molar-refractivity contribution in [2.75, 3.05) is 11.0 Å². The fourth-order valence-corrected chi connectivity index (χ4v) is 4.08. The van der Waals surface area contributed by atoms with Crippen LogP contribution in [0.25, 0.3) is 28.2 Å². The number of rotatable bonds is 6. The number of fused-ring (bicyclic) bond motifs is 1. The van der Waals surface area contributed by atoms with Crippen LogP contribution in [-0.4, -0.2) is 29.0 Å². The molecule has 0 bridgehead atoms. The van der Waals surface area contributed by atoms with Crippen LogP contribution in [0.4, 0.5) is 5.69 Å². The Bertz CT molecular complexity index is 1530. The van der Waals surface area contributed by atoms with Crippen LogP contribution in [0.2, 0.25) is 0 Å². The zero-order valence-corrected chi connectivity index (χ0v) is 18.5. The van der Waals surface area contributed by atoms with E-state index >= 15 is 0 Å². The molecular weight excluding hydrogens is 436 g/mol. The number of hydrogen-bond acceptors (Lipinski definition) is 5. The highest BCUT2D eigenvalue weighted by Gasteiger charge is 2.10. The number of sulfonamides is 1. The van der Waals surface area contributed by atoms with Crippen molar-refractivity contribution < 1.29 is 13.2 Å². The van der Waals surface area contributed by atoms with E-state index in [1.165, 1.54) is 0 Å². The molecule has 0 fully saturated rings. The molecule has 0 spiro atoms. The largest absolute Gasteiger partial charge is 0.457 e. The Kier molecular flexibility index (Phi) is 5.27. The van der Waals surface area contributed by atoms with Crippen LogP contribution in [0.5, 0.6) is 11.5 Å². The van der Waals surface area contributed by atoms with Crippen molar-refractivity contribution in [2.24, 2.45) is 0 Å². The summed E-state index contributed by atoms with van der Waals surface area (Å²) in [5.41, 5.74) is 4.57. The SMILES string of the molecule is CS(=O)(=O)Nc1cccc(-c2cn3c(-c4ccc(Oc5ccccc5)cc4)cnc3cn2)c1. The van der Waals surface area contributed by atoms with Crippen LogP contribution in [0.15, 0.2) is 97.5 Å². The lowest BCUT2D eigenvalue weighted by Gasteiger charge is -2.09. The summed E-state index contributed by atoms with van der Waals surface area (Å²) in [5.74, 6) is 1.53. The molecule has 0 saturated carbocycles. The second-order valence-corrected chi connectivity index (χ2v) is 9.29. The van der Waals surface area contributed by atoms with Crippen LogP contribution in [0, 0.1) is 0 Å². The fourth-order valence-electron chi connectivity index (χ4n) is 3.53. The number of nitrogens with one attached hydrogen (secondary N) is 1. The molecule has 7 nitrogen and oxygen atoms in total. The Labute approximate surface area is 191 Å². The molecule has 0 aliphatic carbocycles. The summed E-state index contributed by atoms with van der Waals surface area (Å²) in [5, 5.41) is 0. The molecule has 0 aliphatic heterocycles. The van der Waals surface area contributed by atoms with Gasteiger partial charge < -0.3 is 4.74 Å². The second kappa shape index (κ2) is 8.40. The highest BCUT2D eigenvalue weighted by molar-refractivity contribution is 7.92. The first-order chi connectivity index (χ1) is 15.9. The van der Waals surface area contributed by atoms with Crippen molar-refractivity contribution in [3.05, 3.63) is 97.5 Å². The molecule has 0 saturated heterocycles. The lowest BCUT2D eigenvalue weighted by atomic mass is 10.1. The predicted molar refractivity (Wildman–Crippen MR) is 129 cm³/mol. The first-order valence-corrected chi connectivity index (χ1v) is 12.1. The maximum Gasteiger partial charge on any atom is 0.229 e. The summed E-state index contributed by atoms with van der Waals surface area (Å²) in [7, 11) is -3.36. The van der Waals surface area contributed by atoms with Gasteiger partial charge in [0.25, 0.3) is 0 Å². The monoisotopic (exact) mass is 456 g/mol. The number of anilines is 1. The molecule has 164 valence electrons. The Hall–Kier alpha value is -4.17. The topological polar surface area (TPSA) is 85.6 Å². The van der Waals surface area contributed by atoms with Crippen molar-refractivity contribution in [1.29, 1.82) is 0 Å². The third-order valence-electron chi connectivity index (χ3n) is 4.99. The van der Waals surface area contributed by atoms with Gasteiger partial charge in [-0.2, -0.15) is 0 Å². The fraction of sp³-hybridized carbons (Fsp3) is 0.0400. The van der Waals surface area contributed by atoms with Crippen molar-refractivity contribution >= 4 is 21.4 Å². The van der Waals surface area contributed by atoms with Crippen LogP contribution >= 0.6 is 0 Å². The van der Waals surface area contributed by atoms with E-state index in [0.717, 1.165) is 34.6 Å². The van der Waals surface area contributed by atoms with Gasteiger partial charge >= 0.3 is 0 Å². The lowest BCUT2D eigenvalue weighted by Crippen LogP contribution is -2.09. The van der Waals surface area contributed by atoms with Gasteiger partial charge in [-0.25, -0.2) is 13.4 Å². The maximum absolute atomic E-state index is 11.6. The van der Waals surface area contributed by atoms with Crippen LogP contribution in [0.3, 0.4) is 0 Å². The highest BCUT2D eigenvalue weighted by Crippen LogP contribution is 2.28. The summed E-state index contributed by atoms with van der Waals surface area (Å²) >= 11 is 0. The van der Waals surface area contributed by atoms with Crippen molar-refractivity contribution in [1.82, 2.24) is 14.4 Å². The molecule has 1 N–H and O–H groups in total. The molecule has 2 heterocycles. The van der Waals surface area contributed by atoms with E-state index in [4.69, 9.17) is 4.74 Å². The normalized spacial score (nSPS) is 11.4. The minimum atomic E-state index is -3.36. The van der Waals surface area contributed by atoms with E-state index in [9.17, 15) is 8.42 Å². The van der Waals surface area contributed by atoms with Crippen LogP contribution < -0.4 is 9.46 Å². The molecule has 5 rings (SSSR count). The zero-order valence-electron chi connectivity index (χ0n) is 17.7. The average Bonchev–Trinajstić information content (AvgIpc) is 3.23. The zero-order chi connectivity index (χ0) is 22.8. The first-order valence-electron chi connectivity index (χ1n) is 10.2. The van der Waals surface area contributed by atoms with Crippen molar-refractivity contribution in [3.63, 3.8) is 0 Å². The number of aromatic nitrogens is 3. The smallest absolute Gasteiger partial charge is 0.229 e. The summed E-state index contributed by atoms with van der Waals surface area (Å²) < 4.78 is 33.5. The molecule has 2 aromatic heterocycles.